The lowest BCUT2D eigenvalue weighted by atomic mass is 10.2. The van der Waals surface area contributed by atoms with Gasteiger partial charge in [0.15, 0.2) is 0 Å². The largest absolute Gasteiger partial charge is 0.478 e. The normalized spacial score (nSPS) is 8.62. The van der Waals surface area contributed by atoms with Gasteiger partial charge in [0.2, 0.25) is 0 Å². The molecule has 0 aliphatic carbocycles. The van der Waals surface area contributed by atoms with Gasteiger partial charge in [-0.2, -0.15) is 0 Å². The number of hydrogen-bond acceptors (Lipinski definition) is 2. The predicted octanol–water partition coefficient (Wildman–Crippen LogP) is 2.06. The maximum atomic E-state index is 10.5. The number of rotatable bonds is 3. The Labute approximate surface area is 75.6 Å². The van der Waals surface area contributed by atoms with Crippen LogP contribution < -0.4 is 4.74 Å². The summed E-state index contributed by atoms with van der Waals surface area (Å²) >= 11 is 0. The van der Waals surface area contributed by atoms with Crippen molar-refractivity contribution in [3.8, 4) is 5.75 Å². The molecule has 66 valence electrons. The highest BCUT2D eigenvalue weighted by molar-refractivity contribution is 5.87. The fraction of sp³-hybridized carbons (Fsp3) is 0. The van der Waals surface area contributed by atoms with E-state index in [9.17, 15) is 4.79 Å². The zero-order valence-electron chi connectivity index (χ0n) is 6.86. The summed E-state index contributed by atoms with van der Waals surface area (Å²) in [5.74, 6) is -0.396. The van der Waals surface area contributed by atoms with Gasteiger partial charge in [-0.25, -0.2) is 4.79 Å². The lowest BCUT2D eigenvalue weighted by Crippen LogP contribution is -1.94. The third-order valence-corrected chi connectivity index (χ3v) is 1.38. The predicted molar refractivity (Wildman–Crippen MR) is 47.7 cm³/mol. The van der Waals surface area contributed by atoms with Gasteiger partial charge in [-0.15, -0.1) is 0 Å². The van der Waals surface area contributed by atoms with Gasteiger partial charge >= 0.3 is 5.97 Å². The smallest absolute Gasteiger partial charge is 0.335 e. The summed E-state index contributed by atoms with van der Waals surface area (Å²) in [7, 11) is 0. The number of ether oxygens (including phenoxy) is 1. The molecule has 0 amide bonds. The summed E-state index contributed by atoms with van der Waals surface area (Å²) in [6, 6.07) is 6.07. The molecule has 0 fully saturated rings. The Kier molecular flexibility index (Phi) is 2.90. The van der Waals surface area contributed by atoms with Crippen molar-refractivity contribution in [1.82, 2.24) is 0 Å². The Morgan fingerprint density at radius 1 is 1.46 bits per heavy atom. The van der Waals surface area contributed by atoms with E-state index in [-0.39, 0.29) is 5.56 Å². The number of hydrogen-bond donors (Lipinski definition) is 1. The van der Waals surface area contributed by atoms with E-state index in [0.29, 0.717) is 5.75 Å². The molecule has 1 N–H and O–H groups in total. The van der Waals surface area contributed by atoms with E-state index in [1.165, 1.54) is 18.4 Å². The van der Waals surface area contributed by atoms with Crippen molar-refractivity contribution < 1.29 is 14.6 Å². The first-order valence-electron chi connectivity index (χ1n) is 3.58. The van der Waals surface area contributed by atoms with Crippen LogP contribution in [0, 0.1) is 0 Å². The molecular weight excluding hydrogens is 168 g/mol. The highest BCUT2D eigenvalue weighted by Crippen LogP contribution is 2.11. The molecule has 0 spiro atoms. The second-order valence-corrected chi connectivity index (χ2v) is 2.27. The monoisotopic (exact) mass is 176 g/mol. The summed E-state index contributed by atoms with van der Waals surface area (Å²) < 4.78 is 5.00. The molecule has 0 unspecified atom stereocenters. The summed E-state index contributed by atoms with van der Waals surface area (Å²) in [4.78, 5) is 10.5. The van der Waals surface area contributed by atoms with Crippen molar-refractivity contribution >= 4 is 5.97 Å². The minimum absolute atomic E-state index is 0.231. The van der Waals surface area contributed by atoms with Gasteiger partial charge in [-0.1, -0.05) is 12.3 Å². The first-order valence-corrected chi connectivity index (χ1v) is 3.58. The Hall–Kier alpha value is -1.99. The molecular formula is C10H8O3. The highest BCUT2D eigenvalue weighted by atomic mass is 16.5. The number of aromatic carboxylic acids is 1. The highest BCUT2D eigenvalue weighted by Gasteiger charge is 2.00. The molecule has 0 aliphatic heterocycles. The summed E-state index contributed by atoms with van der Waals surface area (Å²) in [6.45, 7) is 3.32. The van der Waals surface area contributed by atoms with Crippen LogP contribution in [0.3, 0.4) is 0 Å². The number of benzene rings is 1. The van der Waals surface area contributed by atoms with Crippen LogP contribution in [0.5, 0.6) is 5.75 Å². The van der Waals surface area contributed by atoms with Crippen LogP contribution in [-0.4, -0.2) is 11.1 Å². The van der Waals surface area contributed by atoms with Crippen LogP contribution in [0.15, 0.2) is 42.8 Å². The van der Waals surface area contributed by atoms with Crippen LogP contribution >= 0.6 is 0 Å². The van der Waals surface area contributed by atoms with Gasteiger partial charge < -0.3 is 9.84 Å². The first kappa shape index (κ1) is 9.10. The van der Waals surface area contributed by atoms with Crippen molar-refractivity contribution in [3.05, 3.63) is 48.4 Å². The number of carbonyl (C=O) groups is 1. The Bertz CT molecular complexity index is 345. The molecule has 13 heavy (non-hydrogen) atoms. The van der Waals surface area contributed by atoms with Crippen LogP contribution in [0.4, 0.5) is 0 Å². The van der Waals surface area contributed by atoms with E-state index < -0.39 is 5.97 Å². The molecule has 0 saturated carbocycles. The minimum Gasteiger partial charge on any atom is -0.478 e. The van der Waals surface area contributed by atoms with Crippen molar-refractivity contribution in [2.24, 2.45) is 0 Å². The zero-order valence-corrected chi connectivity index (χ0v) is 6.86. The fourth-order valence-electron chi connectivity index (χ4n) is 0.786. The van der Waals surface area contributed by atoms with Gasteiger partial charge in [0.1, 0.15) is 12.0 Å². The van der Waals surface area contributed by atoms with Crippen molar-refractivity contribution in [2.75, 3.05) is 0 Å². The van der Waals surface area contributed by atoms with Crippen molar-refractivity contribution in [1.29, 1.82) is 0 Å². The molecule has 1 aromatic rings. The molecule has 0 aromatic heterocycles. The van der Waals surface area contributed by atoms with E-state index in [0.717, 1.165) is 0 Å². The zero-order chi connectivity index (χ0) is 9.68. The summed E-state index contributed by atoms with van der Waals surface area (Å²) in [5, 5.41) is 8.58. The fourth-order valence-corrected chi connectivity index (χ4v) is 0.786. The minimum atomic E-state index is -0.953. The molecule has 0 bridgehead atoms. The molecule has 0 saturated heterocycles. The molecule has 0 aliphatic rings. The SMILES string of the molecule is C=C=COc1ccc(C(=O)O)cc1. The van der Waals surface area contributed by atoms with Crippen molar-refractivity contribution in [3.63, 3.8) is 0 Å². The Morgan fingerprint density at radius 2 is 2.08 bits per heavy atom. The average Bonchev–Trinajstić information content (AvgIpc) is 2.15. The lowest BCUT2D eigenvalue weighted by Gasteiger charge is -1.98. The Morgan fingerprint density at radius 3 is 2.54 bits per heavy atom. The quantitative estimate of drug-likeness (QED) is 0.566. The lowest BCUT2D eigenvalue weighted by molar-refractivity contribution is 0.0697. The second kappa shape index (κ2) is 4.14. The van der Waals surface area contributed by atoms with E-state index in [1.54, 1.807) is 12.1 Å². The summed E-state index contributed by atoms with van der Waals surface area (Å²) in [5.41, 5.74) is 2.67. The van der Waals surface area contributed by atoms with Gasteiger partial charge in [0.25, 0.3) is 0 Å². The van der Waals surface area contributed by atoms with E-state index >= 15 is 0 Å². The molecule has 3 nitrogen and oxygen atoms in total. The molecule has 1 rings (SSSR count). The van der Waals surface area contributed by atoms with E-state index in [4.69, 9.17) is 9.84 Å². The standard InChI is InChI=1S/C10H8O3/c1-2-7-13-9-5-3-8(4-6-9)10(11)12/h3-7H,1H2,(H,11,12). The maximum Gasteiger partial charge on any atom is 0.335 e. The van der Waals surface area contributed by atoms with E-state index in [2.05, 4.69) is 12.3 Å². The first-order chi connectivity index (χ1) is 6.24. The van der Waals surface area contributed by atoms with Crippen LogP contribution in [-0.2, 0) is 0 Å². The third-order valence-electron chi connectivity index (χ3n) is 1.38. The second-order valence-electron chi connectivity index (χ2n) is 2.27. The van der Waals surface area contributed by atoms with Gasteiger partial charge in [0.05, 0.1) is 5.56 Å². The maximum absolute atomic E-state index is 10.5. The molecule has 3 heteroatoms. The molecule has 0 heterocycles. The molecule has 0 atom stereocenters. The van der Waals surface area contributed by atoms with Crippen LogP contribution in [0.25, 0.3) is 0 Å². The average molecular weight is 176 g/mol. The van der Waals surface area contributed by atoms with Crippen LogP contribution in [0.2, 0.25) is 0 Å². The molecule has 0 radical (unpaired) electrons. The molecule has 1 aromatic carbocycles. The number of carboxylic acid groups (broad SMARTS) is 1. The van der Waals surface area contributed by atoms with Crippen LogP contribution in [0.1, 0.15) is 10.4 Å². The van der Waals surface area contributed by atoms with E-state index in [1.807, 2.05) is 0 Å². The Balaban J connectivity index is 2.80. The van der Waals surface area contributed by atoms with Crippen molar-refractivity contribution in [2.45, 2.75) is 0 Å². The van der Waals surface area contributed by atoms with Gasteiger partial charge in [0, 0.05) is 0 Å². The van der Waals surface area contributed by atoms with Gasteiger partial charge in [-0.3, -0.25) is 0 Å². The third kappa shape index (κ3) is 2.51. The van der Waals surface area contributed by atoms with Gasteiger partial charge in [-0.05, 0) is 24.3 Å². The summed E-state index contributed by atoms with van der Waals surface area (Å²) in [6.07, 6.45) is 1.30. The topological polar surface area (TPSA) is 46.5 Å². The number of carboxylic acids is 1.